The van der Waals surface area contributed by atoms with Crippen LogP contribution in [0.2, 0.25) is 15.1 Å². The topological polar surface area (TPSA) is 83.5 Å². The van der Waals surface area contributed by atoms with E-state index < -0.39 is 21.2 Å². The smallest absolute Gasteiger partial charge is 0.317 e. The van der Waals surface area contributed by atoms with E-state index in [1.165, 1.54) is 6.07 Å². The van der Waals surface area contributed by atoms with Crippen molar-refractivity contribution in [3.05, 3.63) is 57.5 Å². The Morgan fingerprint density at radius 3 is 2.31 bits per heavy atom. The fourth-order valence-corrected chi connectivity index (χ4v) is 5.03. The van der Waals surface area contributed by atoms with Crippen LogP contribution in [0.4, 0.5) is 0 Å². The van der Waals surface area contributed by atoms with E-state index in [9.17, 15) is 18.3 Å². The first kappa shape index (κ1) is 21.3. The van der Waals surface area contributed by atoms with Gasteiger partial charge in [-0.2, -0.15) is 0 Å². The summed E-state index contributed by atoms with van der Waals surface area (Å²) >= 11 is 18.7. The molecule has 0 fully saturated rings. The number of thioether (sulfide) groups is 1. The zero-order chi connectivity index (χ0) is 19.3. The van der Waals surface area contributed by atoms with Crippen LogP contribution in [-0.2, 0) is 14.8 Å². The van der Waals surface area contributed by atoms with Crippen molar-refractivity contribution >= 4 is 62.6 Å². The molecular weight excluding hydrogens is 441 g/mol. The maximum absolute atomic E-state index is 12.4. The van der Waals surface area contributed by atoms with Gasteiger partial charge in [0.1, 0.15) is 10.1 Å². The van der Waals surface area contributed by atoms with Crippen LogP contribution < -0.4 is 4.72 Å². The first-order valence-corrected chi connectivity index (χ1v) is 10.8. The summed E-state index contributed by atoms with van der Waals surface area (Å²) in [5.41, 5.74) is 0. The molecule has 0 saturated heterocycles. The van der Waals surface area contributed by atoms with E-state index in [1.807, 2.05) is 6.07 Å². The summed E-state index contributed by atoms with van der Waals surface area (Å²) in [4.78, 5) is 12.0. The van der Waals surface area contributed by atoms with Crippen LogP contribution in [0.5, 0.6) is 0 Å². The lowest BCUT2D eigenvalue weighted by Crippen LogP contribution is -2.29. The minimum Gasteiger partial charge on any atom is -0.480 e. The second-order valence-corrected chi connectivity index (χ2v) is 9.37. The minimum atomic E-state index is -3.95. The molecule has 26 heavy (non-hydrogen) atoms. The molecule has 0 aliphatic rings. The largest absolute Gasteiger partial charge is 0.480 e. The summed E-state index contributed by atoms with van der Waals surface area (Å²) in [5, 5.41) is 8.66. The van der Waals surface area contributed by atoms with Gasteiger partial charge < -0.3 is 5.11 Å². The molecule has 140 valence electrons. The second-order valence-electron chi connectivity index (χ2n) is 5.14. The van der Waals surface area contributed by atoms with Crippen LogP contribution in [-0.4, -0.2) is 31.3 Å². The van der Waals surface area contributed by atoms with Gasteiger partial charge in [-0.25, -0.2) is 13.1 Å². The van der Waals surface area contributed by atoms with Crippen LogP contribution in [0.25, 0.3) is 0 Å². The summed E-state index contributed by atoms with van der Waals surface area (Å²) in [7, 11) is -3.95. The monoisotopic (exact) mass is 453 g/mol. The third-order valence-electron chi connectivity index (χ3n) is 3.26. The highest BCUT2D eigenvalue weighted by Gasteiger charge is 2.23. The van der Waals surface area contributed by atoms with Gasteiger partial charge in [0.15, 0.2) is 0 Å². The first-order chi connectivity index (χ1) is 12.2. The number of hydrogen-bond acceptors (Lipinski definition) is 4. The highest BCUT2D eigenvalue weighted by Crippen LogP contribution is 2.31. The van der Waals surface area contributed by atoms with Gasteiger partial charge in [-0.15, -0.1) is 11.8 Å². The quantitative estimate of drug-likeness (QED) is 0.451. The second kappa shape index (κ2) is 9.30. The minimum absolute atomic E-state index is 0.0551. The standard InChI is InChI=1S/C16H14Cl3NO4S2/c17-11-8-13(19)15(9-12(11)18)26(23,24)20-7-6-14(16(21)22)25-10-4-2-1-3-5-10/h1-5,8-9,14,20H,6-7H2,(H,21,22). The molecule has 0 aliphatic carbocycles. The lowest BCUT2D eigenvalue weighted by molar-refractivity contribution is -0.136. The molecule has 1 atom stereocenters. The Bertz CT molecular complexity index is 892. The fourth-order valence-electron chi connectivity index (χ4n) is 2.01. The SMILES string of the molecule is O=C(O)C(CCNS(=O)(=O)c1cc(Cl)c(Cl)cc1Cl)Sc1ccccc1. The van der Waals surface area contributed by atoms with Crippen molar-refractivity contribution in [3.8, 4) is 0 Å². The molecule has 2 aromatic rings. The molecule has 2 rings (SSSR count). The van der Waals surface area contributed by atoms with E-state index in [2.05, 4.69) is 4.72 Å². The number of aliphatic carboxylic acids is 1. The Kier molecular flexibility index (Phi) is 7.63. The summed E-state index contributed by atoms with van der Waals surface area (Å²) in [6, 6.07) is 11.4. The highest BCUT2D eigenvalue weighted by molar-refractivity contribution is 8.00. The Hall–Kier alpha value is -0.960. The molecule has 0 bridgehead atoms. The van der Waals surface area contributed by atoms with E-state index in [0.29, 0.717) is 0 Å². The molecule has 0 radical (unpaired) electrons. The lowest BCUT2D eigenvalue weighted by Gasteiger charge is -2.13. The van der Waals surface area contributed by atoms with E-state index >= 15 is 0 Å². The van der Waals surface area contributed by atoms with Gasteiger partial charge in [0.05, 0.1) is 15.1 Å². The van der Waals surface area contributed by atoms with Crippen LogP contribution in [0.1, 0.15) is 6.42 Å². The van der Waals surface area contributed by atoms with Gasteiger partial charge in [-0.3, -0.25) is 4.79 Å². The van der Waals surface area contributed by atoms with Crippen molar-refractivity contribution in [2.45, 2.75) is 21.5 Å². The van der Waals surface area contributed by atoms with E-state index in [0.717, 1.165) is 22.7 Å². The molecule has 0 heterocycles. The average Bonchev–Trinajstić information content (AvgIpc) is 2.57. The van der Waals surface area contributed by atoms with Crippen molar-refractivity contribution in [3.63, 3.8) is 0 Å². The summed E-state index contributed by atoms with van der Waals surface area (Å²) < 4.78 is 27.1. The third kappa shape index (κ3) is 5.77. The molecule has 1 unspecified atom stereocenters. The van der Waals surface area contributed by atoms with Gasteiger partial charge >= 0.3 is 5.97 Å². The Balaban J connectivity index is 2.04. The predicted octanol–water partition coefficient (Wildman–Crippen LogP) is 4.56. The van der Waals surface area contributed by atoms with E-state index in [1.54, 1.807) is 24.3 Å². The van der Waals surface area contributed by atoms with E-state index in [4.69, 9.17) is 34.8 Å². The van der Waals surface area contributed by atoms with Crippen molar-refractivity contribution in [2.75, 3.05) is 6.54 Å². The van der Waals surface area contributed by atoms with Crippen LogP contribution >= 0.6 is 46.6 Å². The summed E-state index contributed by atoms with van der Waals surface area (Å²) in [6.45, 7) is -0.0737. The Labute approximate surface area is 170 Å². The summed E-state index contributed by atoms with van der Waals surface area (Å²) in [5.74, 6) is -1.02. The number of carboxylic acid groups (broad SMARTS) is 1. The zero-order valence-electron chi connectivity index (χ0n) is 13.2. The zero-order valence-corrected chi connectivity index (χ0v) is 17.1. The predicted molar refractivity (Wildman–Crippen MR) is 105 cm³/mol. The molecule has 0 saturated carbocycles. The van der Waals surface area contributed by atoms with Gasteiger partial charge in [0.2, 0.25) is 10.0 Å². The number of halogens is 3. The molecule has 10 heteroatoms. The molecule has 0 amide bonds. The molecular formula is C16H14Cl3NO4S2. The normalized spacial score (nSPS) is 12.7. The van der Waals surface area contributed by atoms with Crippen molar-refractivity contribution in [2.24, 2.45) is 0 Å². The number of sulfonamides is 1. The summed E-state index contributed by atoms with van der Waals surface area (Å²) in [6.07, 6.45) is 0.0903. The number of benzene rings is 2. The maximum atomic E-state index is 12.4. The van der Waals surface area contributed by atoms with Gasteiger partial charge in [0, 0.05) is 11.4 Å². The number of nitrogens with one attached hydrogen (secondary N) is 1. The number of carbonyl (C=O) groups is 1. The molecule has 2 aromatic carbocycles. The van der Waals surface area contributed by atoms with Crippen molar-refractivity contribution < 1.29 is 18.3 Å². The number of hydrogen-bond donors (Lipinski definition) is 2. The molecule has 2 N–H and O–H groups in total. The fraction of sp³-hybridized carbons (Fsp3) is 0.188. The molecule has 0 aromatic heterocycles. The molecule has 0 aliphatic heterocycles. The molecule has 5 nitrogen and oxygen atoms in total. The number of rotatable bonds is 8. The molecule has 0 spiro atoms. The van der Waals surface area contributed by atoms with Gasteiger partial charge in [-0.05, 0) is 30.7 Å². The Morgan fingerprint density at radius 1 is 1.08 bits per heavy atom. The number of carboxylic acids is 1. The van der Waals surface area contributed by atoms with Crippen LogP contribution in [0.15, 0.2) is 52.3 Å². The van der Waals surface area contributed by atoms with Gasteiger partial charge in [-0.1, -0.05) is 53.0 Å². The van der Waals surface area contributed by atoms with Gasteiger partial charge in [0.25, 0.3) is 0 Å². The average molecular weight is 455 g/mol. The van der Waals surface area contributed by atoms with E-state index in [-0.39, 0.29) is 32.9 Å². The van der Waals surface area contributed by atoms with Crippen molar-refractivity contribution in [1.29, 1.82) is 0 Å². The van der Waals surface area contributed by atoms with Crippen molar-refractivity contribution in [1.82, 2.24) is 4.72 Å². The van der Waals surface area contributed by atoms with Crippen LogP contribution in [0.3, 0.4) is 0 Å². The highest BCUT2D eigenvalue weighted by atomic mass is 35.5. The lowest BCUT2D eigenvalue weighted by atomic mass is 10.3. The maximum Gasteiger partial charge on any atom is 0.317 e. The third-order valence-corrected chi connectivity index (χ3v) is 7.17. The Morgan fingerprint density at radius 2 is 1.69 bits per heavy atom. The van der Waals surface area contributed by atoms with Crippen LogP contribution in [0, 0.1) is 0 Å². The first-order valence-electron chi connectivity index (χ1n) is 7.29.